The molecular weight excluding hydrogens is 358 g/mol. The number of aryl methyl sites for hydroxylation is 2. The molecule has 2 aromatic heterocycles. The first-order valence-corrected chi connectivity index (χ1v) is 9.24. The van der Waals surface area contributed by atoms with E-state index in [2.05, 4.69) is 23.1 Å². The smallest absolute Gasteiger partial charge is 0.247 e. The summed E-state index contributed by atoms with van der Waals surface area (Å²) in [7, 11) is 0. The Bertz CT molecular complexity index is 1150. The third-order valence-electron chi connectivity index (χ3n) is 4.27. The lowest BCUT2D eigenvalue weighted by Gasteiger charge is -2.03. The fraction of sp³-hybridized carbons (Fsp3) is 0.0952. The van der Waals surface area contributed by atoms with Crippen molar-refractivity contribution in [3.05, 3.63) is 66.6 Å². The van der Waals surface area contributed by atoms with Crippen LogP contribution < -0.4 is 5.32 Å². The highest BCUT2D eigenvalue weighted by atomic mass is 32.1. The number of anilines is 1. The van der Waals surface area contributed by atoms with Crippen LogP contribution in [0.15, 0.2) is 59.6 Å². The first-order valence-electron chi connectivity index (χ1n) is 8.43. The van der Waals surface area contributed by atoms with Crippen molar-refractivity contribution in [2.75, 3.05) is 5.32 Å². The lowest BCUT2D eigenvalue weighted by Crippen LogP contribution is -2.06. The predicted molar refractivity (Wildman–Crippen MR) is 109 cm³/mol. The normalized spacial score (nSPS) is 10.9. The van der Waals surface area contributed by atoms with Crippen LogP contribution in [0.2, 0.25) is 0 Å². The number of nitrogens with one attached hydrogen (secondary N) is 1. The average molecular weight is 375 g/mol. The molecule has 0 aliphatic heterocycles. The second-order valence-corrected chi connectivity index (χ2v) is 7.21. The molecule has 0 aliphatic rings. The van der Waals surface area contributed by atoms with Crippen molar-refractivity contribution in [1.29, 1.82) is 0 Å². The number of carbonyl (C=O) groups excluding carboxylic acids is 1. The van der Waals surface area contributed by atoms with Gasteiger partial charge in [0, 0.05) is 16.8 Å². The summed E-state index contributed by atoms with van der Waals surface area (Å²) in [5.41, 5.74) is 5.58. The molecule has 0 radical (unpaired) electrons. The van der Waals surface area contributed by atoms with Gasteiger partial charge in [0.25, 0.3) is 0 Å². The summed E-state index contributed by atoms with van der Waals surface area (Å²) in [6, 6.07) is 13.8. The van der Waals surface area contributed by atoms with E-state index in [0.29, 0.717) is 5.69 Å². The second kappa shape index (κ2) is 6.81. The Morgan fingerprint density at radius 3 is 2.78 bits per heavy atom. The number of carbonyl (C=O) groups is 1. The van der Waals surface area contributed by atoms with E-state index in [1.807, 2.05) is 50.2 Å². The topological polar surface area (TPSA) is 68.0 Å². The van der Waals surface area contributed by atoms with Crippen molar-refractivity contribution in [1.82, 2.24) is 10.1 Å². The molecule has 0 saturated heterocycles. The van der Waals surface area contributed by atoms with Crippen molar-refractivity contribution in [3.63, 3.8) is 0 Å². The minimum absolute atomic E-state index is 0.236. The zero-order chi connectivity index (χ0) is 19.0. The van der Waals surface area contributed by atoms with Gasteiger partial charge in [-0.15, -0.1) is 11.3 Å². The fourth-order valence-corrected chi connectivity index (χ4v) is 4.02. The SMILES string of the molecule is C=CC(=O)Nc1cccc(-c2nc3ccc(-c4c(C)noc4C)cc3s2)c1. The van der Waals surface area contributed by atoms with E-state index in [4.69, 9.17) is 9.51 Å². The molecule has 4 aromatic rings. The molecule has 0 bridgehead atoms. The van der Waals surface area contributed by atoms with Gasteiger partial charge in [0.05, 0.1) is 15.9 Å². The van der Waals surface area contributed by atoms with E-state index in [9.17, 15) is 4.79 Å². The van der Waals surface area contributed by atoms with E-state index in [1.54, 1.807) is 11.3 Å². The largest absolute Gasteiger partial charge is 0.361 e. The highest BCUT2D eigenvalue weighted by Crippen LogP contribution is 2.35. The number of hydrogen-bond acceptors (Lipinski definition) is 5. The van der Waals surface area contributed by atoms with Gasteiger partial charge in [0.2, 0.25) is 5.91 Å². The van der Waals surface area contributed by atoms with Crippen LogP contribution in [-0.4, -0.2) is 16.0 Å². The minimum atomic E-state index is -0.236. The van der Waals surface area contributed by atoms with Gasteiger partial charge < -0.3 is 9.84 Å². The Morgan fingerprint density at radius 2 is 2.04 bits per heavy atom. The molecule has 6 heteroatoms. The summed E-state index contributed by atoms with van der Waals surface area (Å²) in [4.78, 5) is 16.3. The highest BCUT2D eigenvalue weighted by Gasteiger charge is 2.14. The van der Waals surface area contributed by atoms with Crippen molar-refractivity contribution < 1.29 is 9.32 Å². The molecule has 0 saturated carbocycles. The van der Waals surface area contributed by atoms with E-state index in [0.717, 1.165) is 43.4 Å². The Morgan fingerprint density at radius 1 is 1.19 bits per heavy atom. The fourth-order valence-electron chi connectivity index (χ4n) is 3.02. The predicted octanol–water partition coefficient (Wildman–Crippen LogP) is 5.36. The zero-order valence-electron chi connectivity index (χ0n) is 14.9. The van der Waals surface area contributed by atoms with Crippen LogP contribution in [0.25, 0.3) is 31.9 Å². The molecule has 0 unspecified atom stereocenters. The number of rotatable bonds is 4. The molecule has 5 nitrogen and oxygen atoms in total. The minimum Gasteiger partial charge on any atom is -0.361 e. The molecule has 0 atom stereocenters. The Hall–Kier alpha value is -3.25. The molecule has 134 valence electrons. The second-order valence-electron chi connectivity index (χ2n) is 6.17. The maximum absolute atomic E-state index is 11.5. The Kier molecular flexibility index (Phi) is 4.33. The molecule has 0 aliphatic carbocycles. The molecule has 1 N–H and O–H groups in total. The monoisotopic (exact) mass is 375 g/mol. The summed E-state index contributed by atoms with van der Waals surface area (Å²) in [6.07, 6.45) is 1.25. The van der Waals surface area contributed by atoms with Gasteiger partial charge in [-0.25, -0.2) is 4.98 Å². The summed E-state index contributed by atoms with van der Waals surface area (Å²) >= 11 is 1.61. The van der Waals surface area contributed by atoms with E-state index >= 15 is 0 Å². The maximum Gasteiger partial charge on any atom is 0.247 e. The van der Waals surface area contributed by atoms with Gasteiger partial charge in [0.1, 0.15) is 10.8 Å². The van der Waals surface area contributed by atoms with Crippen molar-refractivity contribution in [3.8, 4) is 21.7 Å². The third-order valence-corrected chi connectivity index (χ3v) is 5.34. The van der Waals surface area contributed by atoms with E-state index in [-0.39, 0.29) is 5.91 Å². The van der Waals surface area contributed by atoms with Crippen LogP contribution >= 0.6 is 11.3 Å². The van der Waals surface area contributed by atoms with Crippen molar-refractivity contribution in [2.24, 2.45) is 0 Å². The van der Waals surface area contributed by atoms with E-state index < -0.39 is 0 Å². The lowest BCUT2D eigenvalue weighted by molar-refractivity contribution is -0.111. The van der Waals surface area contributed by atoms with Crippen LogP contribution in [0, 0.1) is 13.8 Å². The quantitative estimate of drug-likeness (QED) is 0.488. The molecular formula is C21H17N3O2S. The first-order chi connectivity index (χ1) is 13.0. The first kappa shape index (κ1) is 17.2. The van der Waals surface area contributed by atoms with Crippen LogP contribution in [0.5, 0.6) is 0 Å². The summed E-state index contributed by atoms with van der Waals surface area (Å²) < 4.78 is 6.37. The molecule has 2 aromatic carbocycles. The number of hydrogen-bond donors (Lipinski definition) is 1. The molecule has 0 fully saturated rings. The van der Waals surface area contributed by atoms with E-state index in [1.165, 1.54) is 6.08 Å². The molecule has 4 rings (SSSR count). The van der Waals surface area contributed by atoms with Crippen LogP contribution in [0.1, 0.15) is 11.5 Å². The summed E-state index contributed by atoms with van der Waals surface area (Å²) in [6.45, 7) is 7.33. The van der Waals surface area contributed by atoms with Crippen molar-refractivity contribution in [2.45, 2.75) is 13.8 Å². The highest BCUT2D eigenvalue weighted by molar-refractivity contribution is 7.21. The molecule has 27 heavy (non-hydrogen) atoms. The maximum atomic E-state index is 11.5. The Labute approximate surface area is 160 Å². The van der Waals surface area contributed by atoms with Crippen molar-refractivity contribution >= 4 is 33.1 Å². The van der Waals surface area contributed by atoms with Gasteiger partial charge in [-0.3, -0.25) is 4.79 Å². The number of nitrogens with zero attached hydrogens (tertiary/aromatic N) is 2. The standard InChI is InChI=1S/C21H17N3O2S/c1-4-19(25)22-16-7-5-6-15(10-16)21-23-17-9-8-14(11-18(17)27-21)20-12(2)24-26-13(20)3/h4-11H,1H2,2-3H3,(H,22,25). The van der Waals surface area contributed by atoms with Crippen LogP contribution in [0.3, 0.4) is 0 Å². The zero-order valence-corrected chi connectivity index (χ0v) is 15.8. The number of fused-ring (bicyclic) bond motifs is 1. The van der Waals surface area contributed by atoms with Gasteiger partial charge in [-0.2, -0.15) is 0 Å². The number of amides is 1. The van der Waals surface area contributed by atoms with Gasteiger partial charge in [-0.1, -0.05) is 29.9 Å². The van der Waals surface area contributed by atoms with Gasteiger partial charge >= 0.3 is 0 Å². The molecule has 1 amide bonds. The summed E-state index contributed by atoms with van der Waals surface area (Å²) in [5.74, 6) is 0.572. The van der Waals surface area contributed by atoms with Crippen LogP contribution in [0.4, 0.5) is 5.69 Å². The Balaban J connectivity index is 1.73. The third kappa shape index (κ3) is 3.27. The average Bonchev–Trinajstić information content (AvgIpc) is 3.24. The molecule has 2 heterocycles. The number of aromatic nitrogens is 2. The lowest BCUT2D eigenvalue weighted by atomic mass is 10.0. The van der Waals surface area contributed by atoms with Gasteiger partial charge in [0.15, 0.2) is 0 Å². The molecule has 0 spiro atoms. The van der Waals surface area contributed by atoms with Crippen LogP contribution in [-0.2, 0) is 4.79 Å². The number of thiazole rings is 1. The van der Waals surface area contributed by atoms with Gasteiger partial charge in [-0.05, 0) is 49.8 Å². The number of benzene rings is 2. The summed E-state index contributed by atoms with van der Waals surface area (Å²) in [5, 5.41) is 7.71.